The smallest absolute Gasteiger partial charge is 0.303 e. The maximum atomic E-state index is 11.8. The highest BCUT2D eigenvalue weighted by molar-refractivity contribution is 9.09. The molecule has 0 bridgehead atoms. The monoisotopic (exact) mass is 596 g/mol. The van der Waals surface area contributed by atoms with Gasteiger partial charge in [-0.05, 0) is 12.8 Å². The molecule has 0 atom stereocenters. The largest absolute Gasteiger partial charge is 0.481 e. The summed E-state index contributed by atoms with van der Waals surface area (Å²) < 4.78 is 21.6. The van der Waals surface area contributed by atoms with Crippen LogP contribution >= 0.6 is 15.9 Å². The number of carboxylic acids is 1. The molecule has 0 rings (SSSR count). The van der Waals surface area contributed by atoms with Gasteiger partial charge < -0.3 is 34.7 Å². The molecule has 0 saturated carbocycles. The number of carboxylic acid groups (broad SMARTS) is 1. The van der Waals surface area contributed by atoms with E-state index in [4.69, 9.17) is 24.1 Å². The predicted octanol–water partition coefficient (Wildman–Crippen LogP) is 3.45. The summed E-state index contributed by atoms with van der Waals surface area (Å²) in [6, 6.07) is 0. The van der Waals surface area contributed by atoms with E-state index in [1.165, 1.54) is 25.7 Å². The molecule has 0 aromatic heterocycles. The van der Waals surface area contributed by atoms with Crippen LogP contribution in [-0.2, 0) is 33.3 Å². The van der Waals surface area contributed by atoms with Gasteiger partial charge in [-0.1, -0.05) is 67.3 Å². The third-order valence-corrected chi connectivity index (χ3v) is 5.93. The summed E-state index contributed by atoms with van der Waals surface area (Å²) in [7, 11) is 0. The summed E-state index contributed by atoms with van der Waals surface area (Å²) in [5, 5.41) is 14.5. The molecule has 3 N–H and O–H groups in total. The lowest BCUT2D eigenvalue weighted by Crippen LogP contribution is -2.28. The lowest BCUT2D eigenvalue weighted by Gasteiger charge is -2.08. The van der Waals surface area contributed by atoms with Crippen molar-refractivity contribution in [2.45, 2.75) is 77.0 Å². The Balaban J connectivity index is 3.18. The number of unbranched alkanes of at least 4 members (excludes halogenated alkanes) is 9. The van der Waals surface area contributed by atoms with Crippen LogP contribution in [0.4, 0.5) is 0 Å². The van der Waals surface area contributed by atoms with Gasteiger partial charge in [-0.25, -0.2) is 0 Å². The Labute approximate surface area is 231 Å². The van der Waals surface area contributed by atoms with Crippen molar-refractivity contribution in [2.24, 2.45) is 0 Å². The van der Waals surface area contributed by atoms with Crippen molar-refractivity contribution in [2.75, 3.05) is 71.3 Å². The van der Waals surface area contributed by atoms with Crippen LogP contribution in [0.3, 0.4) is 0 Å². The first-order valence-electron chi connectivity index (χ1n) is 13.7. The SMILES string of the molecule is O=C(O)CCCCCCCCCCCCC(=O)NCCOCCOCCOCCOCCNC(=O)CBr. The van der Waals surface area contributed by atoms with Crippen LogP contribution in [0.1, 0.15) is 77.0 Å². The van der Waals surface area contributed by atoms with Crippen molar-refractivity contribution < 1.29 is 38.4 Å². The Bertz CT molecular complexity index is 555. The molecule has 0 fully saturated rings. The fourth-order valence-electron chi connectivity index (χ4n) is 3.40. The zero-order valence-electron chi connectivity index (χ0n) is 22.4. The second-order valence-corrected chi connectivity index (χ2v) is 9.27. The van der Waals surface area contributed by atoms with Crippen molar-refractivity contribution in [3.63, 3.8) is 0 Å². The van der Waals surface area contributed by atoms with Gasteiger partial charge in [0.05, 0.1) is 58.2 Å². The van der Waals surface area contributed by atoms with Crippen LogP contribution < -0.4 is 10.6 Å². The number of rotatable bonds is 29. The molecule has 11 heteroatoms. The number of aliphatic carboxylic acids is 1. The average molecular weight is 598 g/mol. The zero-order chi connectivity index (χ0) is 27.2. The van der Waals surface area contributed by atoms with E-state index >= 15 is 0 Å². The molecule has 0 aromatic carbocycles. The first-order valence-corrected chi connectivity index (χ1v) is 14.8. The highest BCUT2D eigenvalue weighted by Gasteiger charge is 2.01. The highest BCUT2D eigenvalue weighted by Crippen LogP contribution is 2.12. The third kappa shape index (κ3) is 30.8. The van der Waals surface area contributed by atoms with Crippen molar-refractivity contribution in [1.29, 1.82) is 0 Å². The molecular weight excluding hydrogens is 548 g/mol. The van der Waals surface area contributed by atoms with E-state index in [0.717, 1.165) is 38.5 Å². The van der Waals surface area contributed by atoms with E-state index in [2.05, 4.69) is 26.6 Å². The van der Waals surface area contributed by atoms with E-state index in [1.54, 1.807) is 0 Å². The Morgan fingerprint density at radius 2 is 0.865 bits per heavy atom. The van der Waals surface area contributed by atoms with Crippen molar-refractivity contribution >= 4 is 33.7 Å². The molecule has 0 heterocycles. The topological polar surface area (TPSA) is 132 Å². The number of halogens is 1. The lowest BCUT2D eigenvalue weighted by molar-refractivity contribution is -0.137. The summed E-state index contributed by atoms with van der Waals surface area (Å²) >= 11 is 3.07. The van der Waals surface area contributed by atoms with E-state index in [0.29, 0.717) is 77.7 Å². The molecule has 0 aromatic rings. The predicted molar refractivity (Wildman–Crippen MR) is 146 cm³/mol. The molecule has 0 aliphatic rings. The second-order valence-electron chi connectivity index (χ2n) is 8.71. The molecule has 2 amide bonds. The average Bonchev–Trinajstić information content (AvgIpc) is 2.88. The number of hydrogen-bond acceptors (Lipinski definition) is 7. The Morgan fingerprint density at radius 1 is 0.514 bits per heavy atom. The number of amides is 2. The third-order valence-electron chi connectivity index (χ3n) is 5.42. The molecule has 0 unspecified atom stereocenters. The summed E-state index contributed by atoms with van der Waals surface area (Å²) in [6.45, 7) is 4.78. The van der Waals surface area contributed by atoms with E-state index in [-0.39, 0.29) is 18.2 Å². The number of carbonyl (C=O) groups is 3. The zero-order valence-corrected chi connectivity index (χ0v) is 24.0. The van der Waals surface area contributed by atoms with Gasteiger partial charge in [-0.3, -0.25) is 14.4 Å². The molecular formula is C26H49BrN2O8. The van der Waals surface area contributed by atoms with Crippen molar-refractivity contribution in [3.8, 4) is 0 Å². The van der Waals surface area contributed by atoms with Gasteiger partial charge in [-0.2, -0.15) is 0 Å². The molecule has 0 aliphatic carbocycles. The molecule has 0 radical (unpaired) electrons. The molecule has 10 nitrogen and oxygen atoms in total. The summed E-state index contributed by atoms with van der Waals surface area (Å²) in [5.41, 5.74) is 0. The van der Waals surface area contributed by atoms with Crippen LogP contribution in [0.15, 0.2) is 0 Å². The molecule has 0 aliphatic heterocycles. The van der Waals surface area contributed by atoms with Gasteiger partial charge in [0, 0.05) is 25.9 Å². The van der Waals surface area contributed by atoms with Crippen molar-refractivity contribution in [3.05, 3.63) is 0 Å². The maximum absolute atomic E-state index is 11.8. The second kappa shape index (κ2) is 29.3. The van der Waals surface area contributed by atoms with Crippen LogP contribution in [0, 0.1) is 0 Å². The van der Waals surface area contributed by atoms with E-state index < -0.39 is 5.97 Å². The minimum atomic E-state index is -0.701. The Hall–Kier alpha value is -1.27. The number of nitrogens with one attached hydrogen (secondary N) is 2. The number of carbonyl (C=O) groups excluding carboxylic acids is 2. The fourth-order valence-corrected chi connectivity index (χ4v) is 3.60. The Kier molecular flexibility index (Phi) is 28.3. The Morgan fingerprint density at radius 3 is 1.27 bits per heavy atom. The number of alkyl halides is 1. The fraction of sp³-hybridized carbons (Fsp3) is 0.885. The minimum absolute atomic E-state index is 0.0595. The van der Waals surface area contributed by atoms with Crippen molar-refractivity contribution in [1.82, 2.24) is 10.6 Å². The first kappa shape index (κ1) is 35.7. The van der Waals surface area contributed by atoms with Crippen LogP contribution in [0.2, 0.25) is 0 Å². The number of hydrogen-bond donors (Lipinski definition) is 3. The number of ether oxygens (including phenoxy) is 4. The first-order chi connectivity index (χ1) is 18.1. The molecule has 0 spiro atoms. The van der Waals surface area contributed by atoms with Gasteiger partial charge in [0.15, 0.2) is 0 Å². The standard InChI is InChI=1S/C26H49BrN2O8/c27-23-25(31)29-14-16-35-18-20-37-22-21-36-19-17-34-15-13-28-24(30)11-9-7-5-3-1-2-4-6-8-10-12-26(32)33/h1-23H2,(H,28,30)(H,29,31)(H,32,33). The summed E-state index contributed by atoms with van der Waals surface area (Å²) in [4.78, 5) is 33.3. The van der Waals surface area contributed by atoms with Gasteiger partial charge in [0.25, 0.3) is 0 Å². The highest BCUT2D eigenvalue weighted by atomic mass is 79.9. The quantitative estimate of drug-likeness (QED) is 0.0883. The molecule has 0 saturated heterocycles. The summed E-state index contributed by atoms with van der Waals surface area (Å²) in [5.74, 6) is -0.686. The van der Waals surface area contributed by atoms with Gasteiger partial charge in [0.2, 0.25) is 11.8 Å². The van der Waals surface area contributed by atoms with E-state index in [1.807, 2.05) is 0 Å². The van der Waals surface area contributed by atoms with E-state index in [9.17, 15) is 14.4 Å². The van der Waals surface area contributed by atoms with Crippen LogP contribution in [0.5, 0.6) is 0 Å². The minimum Gasteiger partial charge on any atom is -0.481 e. The molecule has 37 heavy (non-hydrogen) atoms. The maximum Gasteiger partial charge on any atom is 0.303 e. The van der Waals surface area contributed by atoms with Crippen LogP contribution in [-0.4, -0.2) is 94.2 Å². The van der Waals surface area contributed by atoms with Gasteiger partial charge in [0.1, 0.15) is 0 Å². The summed E-state index contributed by atoms with van der Waals surface area (Å²) in [6.07, 6.45) is 11.7. The van der Waals surface area contributed by atoms with Gasteiger partial charge in [-0.15, -0.1) is 0 Å². The van der Waals surface area contributed by atoms with Gasteiger partial charge >= 0.3 is 5.97 Å². The van der Waals surface area contributed by atoms with Crippen LogP contribution in [0.25, 0.3) is 0 Å². The lowest BCUT2D eigenvalue weighted by atomic mass is 10.1. The molecule has 218 valence electrons. The normalized spacial score (nSPS) is 10.9.